The molecule has 230 valence electrons. The molecule has 2 aliphatic rings. The maximum atomic E-state index is 13.9. The van der Waals surface area contributed by atoms with E-state index in [1.807, 2.05) is 43.5 Å². The molecule has 43 heavy (non-hydrogen) atoms. The Kier molecular flexibility index (Phi) is 9.59. The van der Waals surface area contributed by atoms with Crippen LogP contribution in [0.1, 0.15) is 31.2 Å². The maximum Gasteiger partial charge on any atom is 0.325 e. The number of nitrogens with one attached hydrogen (secondary N) is 2. The number of para-hydroxylation sites is 1. The summed E-state index contributed by atoms with van der Waals surface area (Å²) < 4.78 is 11.3. The number of rotatable bonds is 8. The summed E-state index contributed by atoms with van der Waals surface area (Å²) in [5.74, 6) is -0.523. The molecule has 4 N–H and O–H groups in total. The maximum absolute atomic E-state index is 13.9. The Hall–Kier alpha value is -4.00. The minimum Gasteiger partial charge on any atom is -0.361 e. The summed E-state index contributed by atoms with van der Waals surface area (Å²) >= 11 is 0. The highest BCUT2D eigenvalue weighted by Crippen LogP contribution is 2.29. The summed E-state index contributed by atoms with van der Waals surface area (Å²) in [5.41, 5.74) is 7.76. The number of fused-ring (bicyclic) bond motifs is 1. The molecule has 0 aliphatic carbocycles. The molecular formula is C31H41N7O5. The zero-order valence-corrected chi connectivity index (χ0v) is 24.9. The molecule has 2 aromatic heterocycles. The van der Waals surface area contributed by atoms with Crippen molar-refractivity contribution in [2.45, 2.75) is 44.1 Å². The summed E-state index contributed by atoms with van der Waals surface area (Å²) in [6.45, 7) is 3.75. The Morgan fingerprint density at radius 3 is 2.49 bits per heavy atom. The molecule has 0 bridgehead atoms. The van der Waals surface area contributed by atoms with Crippen LogP contribution in [0.25, 0.3) is 10.9 Å². The molecule has 1 aromatic carbocycles. The Labute approximate surface area is 251 Å². The van der Waals surface area contributed by atoms with Gasteiger partial charge in [0, 0.05) is 62.3 Å². The van der Waals surface area contributed by atoms with Gasteiger partial charge in [-0.2, -0.15) is 0 Å². The number of likely N-dealkylation sites (N-methyl/N-ethyl adjacent to an activating group) is 1. The standard InChI is InChI=1S/C31H41N7O5/c1-20(24-16-34-25-9-5-4-8-23(24)25)28(30(40)36(2)17-27-42-18-22(32)19-43-27)35-29(39)21-11-14-38(15-12-21)31(41)37(3)26-10-6-7-13-33-26/h4-10,13,16,20-22,27-28,34H,11-12,14-15,17-19,32H2,1-3H3,(H,35,39)/t20-,22?,27?,28-/m1/s1. The number of benzene rings is 1. The monoisotopic (exact) mass is 591 g/mol. The molecule has 12 nitrogen and oxygen atoms in total. The number of carbonyl (C=O) groups is 3. The van der Waals surface area contributed by atoms with E-state index < -0.39 is 12.3 Å². The lowest BCUT2D eigenvalue weighted by Gasteiger charge is -2.36. The van der Waals surface area contributed by atoms with Gasteiger partial charge in [0.1, 0.15) is 11.9 Å². The number of ether oxygens (including phenoxy) is 2. The number of amides is 4. The van der Waals surface area contributed by atoms with E-state index in [4.69, 9.17) is 15.2 Å². The Morgan fingerprint density at radius 2 is 1.79 bits per heavy atom. The van der Waals surface area contributed by atoms with E-state index in [1.54, 1.807) is 42.2 Å². The number of nitrogens with zero attached hydrogens (tertiary/aromatic N) is 4. The van der Waals surface area contributed by atoms with Gasteiger partial charge in [0.05, 0.1) is 25.8 Å². The molecule has 2 fully saturated rings. The third-order valence-electron chi connectivity index (χ3n) is 8.38. The second kappa shape index (κ2) is 13.5. The number of H-pyrrole nitrogens is 1. The van der Waals surface area contributed by atoms with Crippen molar-refractivity contribution >= 4 is 34.6 Å². The number of piperidine rings is 1. The fourth-order valence-electron chi connectivity index (χ4n) is 5.73. The third kappa shape index (κ3) is 6.98. The van der Waals surface area contributed by atoms with E-state index in [-0.39, 0.29) is 42.3 Å². The first-order valence-electron chi connectivity index (χ1n) is 14.8. The molecule has 0 spiro atoms. The van der Waals surface area contributed by atoms with Gasteiger partial charge in [0.15, 0.2) is 6.29 Å². The van der Waals surface area contributed by atoms with Crippen molar-refractivity contribution < 1.29 is 23.9 Å². The largest absolute Gasteiger partial charge is 0.361 e. The number of hydrogen-bond donors (Lipinski definition) is 3. The van der Waals surface area contributed by atoms with Crippen LogP contribution in [0.2, 0.25) is 0 Å². The van der Waals surface area contributed by atoms with E-state index in [1.165, 1.54) is 4.90 Å². The van der Waals surface area contributed by atoms with Crippen molar-refractivity contribution in [2.24, 2.45) is 11.7 Å². The number of hydrogen-bond acceptors (Lipinski definition) is 7. The minimum atomic E-state index is -0.822. The van der Waals surface area contributed by atoms with Crippen LogP contribution in [0.3, 0.4) is 0 Å². The van der Waals surface area contributed by atoms with Gasteiger partial charge >= 0.3 is 6.03 Å². The van der Waals surface area contributed by atoms with E-state index in [9.17, 15) is 14.4 Å². The molecule has 3 aromatic rings. The zero-order chi connectivity index (χ0) is 30.5. The van der Waals surface area contributed by atoms with Crippen LogP contribution in [0, 0.1) is 5.92 Å². The predicted molar refractivity (Wildman–Crippen MR) is 162 cm³/mol. The van der Waals surface area contributed by atoms with E-state index in [0.29, 0.717) is 45.0 Å². The smallest absolute Gasteiger partial charge is 0.325 e. The molecule has 4 heterocycles. The number of aromatic nitrogens is 2. The Morgan fingerprint density at radius 1 is 1.09 bits per heavy atom. The normalized spacial score (nSPS) is 20.8. The highest BCUT2D eigenvalue weighted by atomic mass is 16.7. The van der Waals surface area contributed by atoms with E-state index in [2.05, 4.69) is 15.3 Å². The second-order valence-electron chi connectivity index (χ2n) is 11.4. The van der Waals surface area contributed by atoms with E-state index in [0.717, 1.165) is 16.5 Å². The predicted octanol–water partition coefficient (Wildman–Crippen LogP) is 2.28. The fraction of sp³-hybridized carbons (Fsp3) is 0.484. The van der Waals surface area contributed by atoms with Gasteiger partial charge in [-0.05, 0) is 36.6 Å². The highest BCUT2D eigenvalue weighted by molar-refractivity contribution is 5.92. The first kappa shape index (κ1) is 30.5. The van der Waals surface area contributed by atoms with Gasteiger partial charge < -0.3 is 35.3 Å². The van der Waals surface area contributed by atoms with Crippen LogP contribution >= 0.6 is 0 Å². The number of carbonyl (C=O) groups excluding carboxylic acids is 3. The summed E-state index contributed by atoms with van der Waals surface area (Å²) in [6, 6.07) is 12.1. The summed E-state index contributed by atoms with van der Waals surface area (Å²) in [7, 11) is 3.38. The number of pyridine rings is 1. The van der Waals surface area contributed by atoms with Crippen LogP contribution in [-0.4, -0.2) is 103 Å². The summed E-state index contributed by atoms with van der Waals surface area (Å²) in [5, 5.41) is 4.09. The molecule has 2 aliphatic heterocycles. The topological polar surface area (TPSA) is 146 Å². The van der Waals surface area contributed by atoms with Crippen LogP contribution < -0.4 is 16.0 Å². The number of likely N-dealkylation sites (tertiary alicyclic amines) is 1. The highest BCUT2D eigenvalue weighted by Gasteiger charge is 2.36. The van der Waals surface area contributed by atoms with E-state index >= 15 is 0 Å². The van der Waals surface area contributed by atoms with Crippen molar-refractivity contribution in [2.75, 3.05) is 51.8 Å². The SMILES string of the molecule is C[C@H](c1c[nH]c2ccccc12)[C@@H](NC(=O)C1CCN(C(=O)N(C)c2ccccn2)CC1)C(=O)N(C)CC1OCC(N)CO1. The average molecular weight is 592 g/mol. The van der Waals surface area contributed by atoms with Crippen molar-refractivity contribution in [1.82, 2.24) is 25.1 Å². The Bertz CT molecular complexity index is 1400. The van der Waals surface area contributed by atoms with Crippen molar-refractivity contribution in [1.29, 1.82) is 0 Å². The van der Waals surface area contributed by atoms with Gasteiger partial charge in [-0.25, -0.2) is 9.78 Å². The van der Waals surface area contributed by atoms with Crippen LogP contribution in [-0.2, 0) is 19.1 Å². The first-order chi connectivity index (χ1) is 20.7. The molecule has 2 atom stereocenters. The number of aromatic amines is 1. The molecule has 4 amide bonds. The summed E-state index contributed by atoms with van der Waals surface area (Å²) in [4.78, 5) is 53.0. The van der Waals surface area contributed by atoms with Crippen molar-refractivity contribution in [3.05, 3.63) is 60.4 Å². The minimum absolute atomic E-state index is 0.159. The Balaban J connectivity index is 1.27. The third-order valence-corrected chi connectivity index (χ3v) is 8.38. The van der Waals surface area contributed by atoms with Crippen molar-refractivity contribution in [3.63, 3.8) is 0 Å². The fourth-order valence-corrected chi connectivity index (χ4v) is 5.73. The van der Waals surface area contributed by atoms with Gasteiger partial charge in [0.2, 0.25) is 11.8 Å². The lowest BCUT2D eigenvalue weighted by atomic mass is 9.90. The lowest BCUT2D eigenvalue weighted by molar-refractivity contribution is -0.193. The van der Waals surface area contributed by atoms with Crippen LogP contribution in [0.15, 0.2) is 54.9 Å². The number of anilines is 1. The second-order valence-corrected chi connectivity index (χ2v) is 11.4. The van der Waals surface area contributed by atoms with Gasteiger partial charge in [-0.3, -0.25) is 14.5 Å². The average Bonchev–Trinajstić information content (AvgIpc) is 3.48. The molecule has 5 rings (SSSR count). The quantitative estimate of drug-likeness (QED) is 0.364. The van der Waals surface area contributed by atoms with Crippen LogP contribution in [0.4, 0.5) is 10.6 Å². The number of urea groups is 1. The zero-order valence-electron chi connectivity index (χ0n) is 24.9. The van der Waals surface area contributed by atoms with Gasteiger partial charge in [-0.1, -0.05) is 31.2 Å². The molecular weight excluding hydrogens is 550 g/mol. The van der Waals surface area contributed by atoms with Crippen LogP contribution in [0.5, 0.6) is 0 Å². The van der Waals surface area contributed by atoms with Crippen molar-refractivity contribution in [3.8, 4) is 0 Å². The number of nitrogens with two attached hydrogens (primary N) is 1. The molecule has 0 unspecified atom stereocenters. The van der Waals surface area contributed by atoms with Gasteiger partial charge in [-0.15, -0.1) is 0 Å². The molecule has 2 saturated heterocycles. The lowest BCUT2D eigenvalue weighted by Crippen LogP contribution is -2.55. The first-order valence-corrected chi connectivity index (χ1v) is 14.8. The molecule has 12 heteroatoms. The molecule has 0 saturated carbocycles. The summed E-state index contributed by atoms with van der Waals surface area (Å²) in [6.07, 6.45) is 3.96. The molecule has 0 radical (unpaired) electrons. The van der Waals surface area contributed by atoms with Gasteiger partial charge in [0.25, 0.3) is 0 Å².